The molecule has 5 aliphatic rings. The Balaban J connectivity index is 1.70. The van der Waals surface area contributed by atoms with Crippen LogP contribution >= 0.6 is 0 Å². The molecule has 0 aromatic carbocycles. The molecule has 5 nitrogen and oxygen atoms in total. The van der Waals surface area contributed by atoms with Crippen molar-refractivity contribution < 1.29 is 24.2 Å². The topological polar surface area (TPSA) is 72.8 Å². The van der Waals surface area contributed by atoms with E-state index in [2.05, 4.69) is 47.6 Å². The minimum Gasteiger partial charge on any atom is -0.469 e. The Kier molecular flexibility index (Phi) is 6.30. The average Bonchev–Trinajstić information content (AvgIpc) is 2.87. The zero-order valence-electron chi connectivity index (χ0n) is 24.5. The predicted octanol–water partition coefficient (Wildman–Crippen LogP) is 6.33. The van der Waals surface area contributed by atoms with E-state index in [9.17, 15) is 14.7 Å². The predicted molar refractivity (Wildman–Crippen MR) is 143 cm³/mol. The monoisotopic (exact) mass is 514 g/mol. The van der Waals surface area contributed by atoms with E-state index < -0.39 is 10.8 Å². The number of aliphatic hydroxyl groups is 1. The van der Waals surface area contributed by atoms with Crippen molar-refractivity contribution in [1.82, 2.24) is 0 Å². The molecule has 5 heteroatoms. The van der Waals surface area contributed by atoms with E-state index in [0.29, 0.717) is 36.5 Å². The molecule has 37 heavy (non-hydrogen) atoms. The lowest BCUT2D eigenvalue weighted by Gasteiger charge is -2.70. The van der Waals surface area contributed by atoms with Crippen LogP contribution in [0.25, 0.3) is 0 Å². The Labute approximate surface area is 224 Å². The van der Waals surface area contributed by atoms with Gasteiger partial charge in [0, 0.05) is 0 Å². The van der Waals surface area contributed by atoms with Gasteiger partial charge in [-0.2, -0.15) is 0 Å². The van der Waals surface area contributed by atoms with Gasteiger partial charge in [0.05, 0.1) is 31.2 Å². The Morgan fingerprint density at radius 2 is 1.54 bits per heavy atom. The van der Waals surface area contributed by atoms with Crippen molar-refractivity contribution in [1.29, 1.82) is 0 Å². The molecule has 4 fully saturated rings. The van der Waals surface area contributed by atoms with Crippen LogP contribution < -0.4 is 0 Å². The van der Waals surface area contributed by atoms with Gasteiger partial charge in [0.25, 0.3) is 0 Å². The van der Waals surface area contributed by atoms with Crippen LogP contribution in [0.4, 0.5) is 0 Å². The molecule has 0 radical (unpaired) electrons. The Hall–Kier alpha value is -1.36. The number of aliphatic hydroxyl groups excluding tert-OH is 1. The van der Waals surface area contributed by atoms with Crippen LogP contribution in [0.1, 0.15) is 99.3 Å². The van der Waals surface area contributed by atoms with Crippen LogP contribution in [-0.2, 0) is 19.1 Å². The second-order valence-corrected chi connectivity index (χ2v) is 14.7. The van der Waals surface area contributed by atoms with Crippen LogP contribution in [0.3, 0.4) is 0 Å². The highest BCUT2D eigenvalue weighted by Gasteiger charge is 2.73. The molecule has 0 saturated heterocycles. The third-order valence-electron chi connectivity index (χ3n) is 13.5. The summed E-state index contributed by atoms with van der Waals surface area (Å²) in [5.41, 5.74) is -0.433. The summed E-state index contributed by atoms with van der Waals surface area (Å²) in [5.74, 6) is 1.32. The van der Waals surface area contributed by atoms with Crippen molar-refractivity contribution in [2.75, 3.05) is 14.2 Å². The van der Waals surface area contributed by atoms with Crippen molar-refractivity contribution in [2.45, 2.75) is 105 Å². The first-order valence-corrected chi connectivity index (χ1v) is 14.8. The van der Waals surface area contributed by atoms with Gasteiger partial charge in [0.15, 0.2) is 0 Å². The van der Waals surface area contributed by atoms with Crippen molar-refractivity contribution in [3.05, 3.63) is 11.6 Å². The third-order valence-corrected chi connectivity index (χ3v) is 13.5. The van der Waals surface area contributed by atoms with Gasteiger partial charge in [0.2, 0.25) is 0 Å². The van der Waals surface area contributed by atoms with Gasteiger partial charge in [-0.1, -0.05) is 53.2 Å². The summed E-state index contributed by atoms with van der Waals surface area (Å²) in [7, 11) is 3.07. The maximum Gasteiger partial charge on any atom is 0.316 e. The lowest BCUT2D eigenvalue weighted by Crippen LogP contribution is -2.68. The summed E-state index contributed by atoms with van der Waals surface area (Å²) in [6.45, 7) is 13.9. The van der Waals surface area contributed by atoms with E-state index >= 15 is 0 Å². The van der Waals surface area contributed by atoms with Gasteiger partial charge in [-0.05, 0) is 104 Å². The summed E-state index contributed by atoms with van der Waals surface area (Å²) in [6, 6.07) is 0. The molecule has 0 aromatic rings. The molecule has 10 unspecified atom stereocenters. The maximum atomic E-state index is 14.2. The van der Waals surface area contributed by atoms with E-state index in [-0.39, 0.29) is 40.2 Å². The summed E-state index contributed by atoms with van der Waals surface area (Å²) < 4.78 is 11.2. The molecule has 10 atom stereocenters. The number of carbonyl (C=O) groups excluding carboxylic acids is 2. The highest BCUT2D eigenvalue weighted by molar-refractivity contribution is 5.86. The minimum absolute atomic E-state index is 0.00414. The number of allylic oxidation sites excluding steroid dienone is 1. The molecule has 1 N–H and O–H groups in total. The van der Waals surface area contributed by atoms with Crippen molar-refractivity contribution in [2.24, 2.45) is 56.7 Å². The first-order valence-electron chi connectivity index (χ1n) is 14.8. The fourth-order valence-corrected chi connectivity index (χ4v) is 11.3. The number of methoxy groups -OCH3 is 2. The summed E-state index contributed by atoms with van der Waals surface area (Å²) in [5, 5.41) is 11.0. The third kappa shape index (κ3) is 3.19. The molecule has 0 bridgehead atoms. The summed E-state index contributed by atoms with van der Waals surface area (Å²) in [6.07, 6.45) is 9.99. The molecule has 0 heterocycles. The molecule has 4 saturated carbocycles. The minimum atomic E-state index is -0.716. The fraction of sp³-hybridized carbons (Fsp3) is 0.875. The molecule has 0 amide bonds. The van der Waals surface area contributed by atoms with Crippen LogP contribution in [0, 0.1) is 56.7 Å². The molecule has 0 aromatic heterocycles. The number of hydrogen-bond donors (Lipinski definition) is 1. The average molecular weight is 515 g/mol. The van der Waals surface area contributed by atoms with Gasteiger partial charge in [-0.15, -0.1) is 0 Å². The Morgan fingerprint density at radius 3 is 2.19 bits per heavy atom. The van der Waals surface area contributed by atoms with Gasteiger partial charge < -0.3 is 14.6 Å². The van der Waals surface area contributed by atoms with Crippen LogP contribution in [0.5, 0.6) is 0 Å². The second kappa shape index (κ2) is 8.57. The number of esters is 2. The van der Waals surface area contributed by atoms with E-state index in [4.69, 9.17) is 9.47 Å². The zero-order valence-corrected chi connectivity index (χ0v) is 24.5. The number of hydrogen-bond acceptors (Lipinski definition) is 5. The van der Waals surface area contributed by atoms with E-state index in [1.165, 1.54) is 12.7 Å². The first-order chi connectivity index (χ1) is 17.3. The second-order valence-electron chi connectivity index (χ2n) is 14.7. The number of carbonyl (C=O) groups is 2. The number of rotatable bonds is 2. The Morgan fingerprint density at radius 1 is 0.865 bits per heavy atom. The molecule has 5 aliphatic carbocycles. The van der Waals surface area contributed by atoms with E-state index in [1.807, 2.05) is 0 Å². The highest BCUT2D eigenvalue weighted by Crippen LogP contribution is 2.76. The van der Waals surface area contributed by atoms with Crippen LogP contribution in [0.15, 0.2) is 11.6 Å². The fourth-order valence-electron chi connectivity index (χ4n) is 11.3. The molecular weight excluding hydrogens is 464 g/mol. The molecule has 0 aliphatic heterocycles. The SMILES string of the molecule is COC(=O)C12CCC(C)C(C)C1C1=CCC3C4(C)CCC(O)C(C)(C)C4CCC3(C)C1(C(=O)OC)CC2. The lowest BCUT2D eigenvalue weighted by atomic mass is 9.33. The van der Waals surface area contributed by atoms with Gasteiger partial charge in [0.1, 0.15) is 0 Å². The smallest absolute Gasteiger partial charge is 0.316 e. The maximum absolute atomic E-state index is 14.2. The first kappa shape index (κ1) is 27.2. The highest BCUT2D eigenvalue weighted by atomic mass is 16.5. The van der Waals surface area contributed by atoms with Crippen molar-refractivity contribution >= 4 is 11.9 Å². The summed E-state index contributed by atoms with van der Waals surface area (Å²) in [4.78, 5) is 27.7. The lowest BCUT2D eigenvalue weighted by molar-refractivity contribution is -0.218. The largest absolute Gasteiger partial charge is 0.469 e. The van der Waals surface area contributed by atoms with Crippen LogP contribution in [0.2, 0.25) is 0 Å². The number of fused-ring (bicyclic) bond motifs is 7. The Bertz CT molecular complexity index is 999. The quantitative estimate of drug-likeness (QED) is 0.344. The van der Waals surface area contributed by atoms with Gasteiger partial charge >= 0.3 is 11.9 Å². The van der Waals surface area contributed by atoms with Crippen LogP contribution in [-0.4, -0.2) is 37.4 Å². The van der Waals surface area contributed by atoms with E-state index in [1.54, 1.807) is 7.11 Å². The standard InChI is InChI=1S/C32H50O5/c1-19-11-16-31(26(34)36-7)17-18-32(27(35)37-8)21(25(31)20(19)2)9-10-23-29(5)14-13-24(33)28(3,4)22(29)12-15-30(23,32)6/h9,19-20,22-25,33H,10-18H2,1-8H3. The zero-order chi connectivity index (χ0) is 27.2. The van der Waals surface area contributed by atoms with Crippen molar-refractivity contribution in [3.8, 4) is 0 Å². The number of ether oxygens (including phenoxy) is 2. The molecule has 5 rings (SSSR count). The molecular formula is C32H50O5. The summed E-state index contributed by atoms with van der Waals surface area (Å²) >= 11 is 0. The van der Waals surface area contributed by atoms with Gasteiger partial charge in [-0.25, -0.2) is 0 Å². The van der Waals surface area contributed by atoms with Crippen molar-refractivity contribution in [3.63, 3.8) is 0 Å². The van der Waals surface area contributed by atoms with Gasteiger partial charge in [-0.3, -0.25) is 9.59 Å². The molecule has 208 valence electrons. The normalized spacial score (nSPS) is 50.4. The van der Waals surface area contributed by atoms with E-state index in [0.717, 1.165) is 44.9 Å². The molecule has 0 spiro atoms.